The summed E-state index contributed by atoms with van der Waals surface area (Å²) in [6, 6.07) is 11.2. The number of nitrogens with zero attached hydrogens (tertiary/aromatic N) is 1. The van der Waals surface area contributed by atoms with E-state index in [4.69, 9.17) is 0 Å². The van der Waals surface area contributed by atoms with Crippen molar-refractivity contribution in [2.75, 3.05) is 0 Å². The first-order valence-electron chi connectivity index (χ1n) is 6.95. The molecular formula is C15H16N4O2. The maximum Gasteiger partial charge on any atom is 0.287 e. The highest BCUT2D eigenvalue weighted by molar-refractivity contribution is 5.94. The number of carbonyl (C=O) groups is 2. The van der Waals surface area contributed by atoms with Gasteiger partial charge in [0.25, 0.3) is 5.91 Å². The van der Waals surface area contributed by atoms with Crippen LogP contribution < -0.4 is 10.9 Å². The van der Waals surface area contributed by atoms with Gasteiger partial charge in [-0.25, -0.2) is 0 Å². The number of aromatic nitrogens is 2. The number of H-pyrrole nitrogens is 1. The lowest BCUT2D eigenvalue weighted by molar-refractivity contribution is -0.128. The third-order valence-corrected chi connectivity index (χ3v) is 3.67. The number of amides is 2. The molecule has 6 nitrogen and oxygen atoms in total. The van der Waals surface area contributed by atoms with Crippen LogP contribution in [-0.2, 0) is 4.79 Å². The summed E-state index contributed by atoms with van der Waals surface area (Å²) < 4.78 is 0. The van der Waals surface area contributed by atoms with E-state index >= 15 is 0 Å². The van der Waals surface area contributed by atoms with Gasteiger partial charge in [-0.15, -0.1) is 0 Å². The number of hydrogen-bond acceptors (Lipinski definition) is 3. The highest BCUT2D eigenvalue weighted by atomic mass is 16.2. The fraction of sp³-hybridized carbons (Fsp3) is 0.267. The number of carbonyl (C=O) groups excluding carboxylic acids is 2. The molecule has 2 amide bonds. The second-order valence-corrected chi connectivity index (χ2v) is 5.10. The van der Waals surface area contributed by atoms with Crippen molar-refractivity contribution < 1.29 is 9.59 Å². The Balaban J connectivity index is 1.60. The molecule has 3 rings (SSSR count). The second-order valence-electron chi connectivity index (χ2n) is 5.10. The molecule has 1 aromatic carbocycles. The van der Waals surface area contributed by atoms with Gasteiger partial charge in [0.05, 0.1) is 5.69 Å². The molecule has 0 bridgehead atoms. The zero-order valence-electron chi connectivity index (χ0n) is 11.4. The van der Waals surface area contributed by atoms with E-state index in [0.717, 1.165) is 24.8 Å². The lowest BCUT2D eigenvalue weighted by Gasteiger charge is -2.23. The van der Waals surface area contributed by atoms with Crippen LogP contribution in [0.15, 0.2) is 36.4 Å². The van der Waals surface area contributed by atoms with Crippen molar-refractivity contribution in [2.24, 2.45) is 5.92 Å². The molecule has 0 atom stereocenters. The highest BCUT2D eigenvalue weighted by Gasteiger charge is 2.25. The predicted octanol–water partition coefficient (Wildman–Crippen LogP) is 1.64. The Morgan fingerprint density at radius 2 is 1.90 bits per heavy atom. The van der Waals surface area contributed by atoms with E-state index in [-0.39, 0.29) is 11.8 Å². The third-order valence-electron chi connectivity index (χ3n) is 3.67. The van der Waals surface area contributed by atoms with Crippen LogP contribution in [0.4, 0.5) is 0 Å². The van der Waals surface area contributed by atoms with Crippen LogP contribution in [0.5, 0.6) is 0 Å². The molecule has 0 aliphatic heterocycles. The summed E-state index contributed by atoms with van der Waals surface area (Å²) in [5, 5.41) is 6.77. The molecule has 1 heterocycles. The Hall–Kier alpha value is -2.63. The molecule has 21 heavy (non-hydrogen) atoms. The largest absolute Gasteiger partial charge is 0.287 e. The lowest BCUT2D eigenvalue weighted by Crippen LogP contribution is -2.46. The fourth-order valence-corrected chi connectivity index (χ4v) is 2.15. The molecule has 2 aromatic rings. The topological polar surface area (TPSA) is 86.9 Å². The van der Waals surface area contributed by atoms with Crippen LogP contribution in [0, 0.1) is 5.92 Å². The van der Waals surface area contributed by atoms with Crippen molar-refractivity contribution in [3.63, 3.8) is 0 Å². The summed E-state index contributed by atoms with van der Waals surface area (Å²) >= 11 is 0. The van der Waals surface area contributed by atoms with Crippen LogP contribution in [0.3, 0.4) is 0 Å². The fourth-order valence-electron chi connectivity index (χ4n) is 2.15. The van der Waals surface area contributed by atoms with Gasteiger partial charge in [0.2, 0.25) is 5.91 Å². The van der Waals surface area contributed by atoms with Crippen LogP contribution in [0.1, 0.15) is 29.8 Å². The van der Waals surface area contributed by atoms with Crippen molar-refractivity contribution >= 4 is 11.8 Å². The van der Waals surface area contributed by atoms with Crippen LogP contribution >= 0.6 is 0 Å². The van der Waals surface area contributed by atoms with Gasteiger partial charge in [0, 0.05) is 11.5 Å². The van der Waals surface area contributed by atoms with E-state index in [1.807, 2.05) is 30.3 Å². The van der Waals surface area contributed by atoms with Gasteiger partial charge < -0.3 is 0 Å². The Kier molecular flexibility index (Phi) is 3.68. The molecule has 108 valence electrons. The highest BCUT2D eigenvalue weighted by Crippen LogP contribution is 2.25. The number of hydrogen-bond donors (Lipinski definition) is 3. The van der Waals surface area contributed by atoms with Crippen molar-refractivity contribution in [2.45, 2.75) is 19.3 Å². The molecule has 1 aliphatic rings. The van der Waals surface area contributed by atoms with Gasteiger partial charge in [0.1, 0.15) is 5.69 Å². The van der Waals surface area contributed by atoms with Gasteiger partial charge >= 0.3 is 0 Å². The first-order valence-corrected chi connectivity index (χ1v) is 6.95. The number of hydrazine groups is 1. The summed E-state index contributed by atoms with van der Waals surface area (Å²) in [6.07, 6.45) is 2.86. The van der Waals surface area contributed by atoms with Crippen LogP contribution in [0.25, 0.3) is 11.3 Å². The summed E-state index contributed by atoms with van der Waals surface area (Å²) in [4.78, 5) is 23.6. The number of rotatable bonds is 3. The molecule has 0 saturated heterocycles. The Morgan fingerprint density at radius 1 is 1.14 bits per heavy atom. The Morgan fingerprint density at radius 3 is 2.57 bits per heavy atom. The zero-order valence-corrected chi connectivity index (χ0v) is 11.4. The first-order chi connectivity index (χ1) is 10.2. The average Bonchev–Trinajstić information content (AvgIpc) is 2.94. The molecular weight excluding hydrogens is 268 g/mol. The molecule has 0 unspecified atom stereocenters. The Labute approximate surface area is 121 Å². The van der Waals surface area contributed by atoms with Gasteiger partial charge in [-0.1, -0.05) is 36.8 Å². The summed E-state index contributed by atoms with van der Waals surface area (Å²) in [5.74, 6) is -0.498. The van der Waals surface area contributed by atoms with E-state index in [9.17, 15) is 9.59 Å². The van der Waals surface area contributed by atoms with E-state index < -0.39 is 5.91 Å². The van der Waals surface area contributed by atoms with Gasteiger partial charge in [-0.2, -0.15) is 5.10 Å². The van der Waals surface area contributed by atoms with Gasteiger partial charge in [-0.3, -0.25) is 25.5 Å². The maximum atomic E-state index is 11.9. The SMILES string of the molecule is O=C(NNC(=O)C1CCC1)c1cc(-c2ccccc2)n[nH]1. The van der Waals surface area contributed by atoms with Crippen molar-refractivity contribution in [3.05, 3.63) is 42.1 Å². The summed E-state index contributed by atoms with van der Waals surface area (Å²) in [7, 11) is 0. The average molecular weight is 284 g/mol. The standard InChI is InChI=1S/C15H16N4O2/c20-14(11-7-4-8-11)18-19-15(21)13-9-12(16-17-13)10-5-2-1-3-6-10/h1-3,5-6,9,11H,4,7-8H2,(H,16,17)(H,18,20)(H,19,21). The molecule has 1 saturated carbocycles. The van der Waals surface area contributed by atoms with E-state index in [1.165, 1.54) is 0 Å². The molecule has 3 N–H and O–H groups in total. The smallest absolute Gasteiger partial charge is 0.273 e. The first kappa shape index (κ1) is 13.4. The second kappa shape index (κ2) is 5.78. The van der Waals surface area contributed by atoms with Crippen molar-refractivity contribution in [3.8, 4) is 11.3 Å². The zero-order chi connectivity index (χ0) is 14.7. The van der Waals surface area contributed by atoms with Crippen LogP contribution in [0.2, 0.25) is 0 Å². The van der Waals surface area contributed by atoms with Crippen LogP contribution in [-0.4, -0.2) is 22.0 Å². The lowest BCUT2D eigenvalue weighted by atomic mass is 9.85. The predicted molar refractivity (Wildman–Crippen MR) is 77.0 cm³/mol. The molecule has 1 aromatic heterocycles. The number of aromatic amines is 1. The monoisotopic (exact) mass is 284 g/mol. The minimum atomic E-state index is -0.405. The number of benzene rings is 1. The van der Waals surface area contributed by atoms with E-state index in [1.54, 1.807) is 6.07 Å². The van der Waals surface area contributed by atoms with Gasteiger partial charge in [-0.05, 0) is 18.9 Å². The van der Waals surface area contributed by atoms with Crippen molar-refractivity contribution in [1.29, 1.82) is 0 Å². The minimum absolute atomic E-state index is 0.0342. The number of nitrogens with one attached hydrogen (secondary N) is 3. The maximum absolute atomic E-state index is 11.9. The van der Waals surface area contributed by atoms with E-state index in [0.29, 0.717) is 11.4 Å². The Bertz CT molecular complexity index is 647. The third kappa shape index (κ3) is 2.94. The molecule has 0 spiro atoms. The van der Waals surface area contributed by atoms with Gasteiger partial charge in [0.15, 0.2) is 0 Å². The van der Waals surface area contributed by atoms with Crippen molar-refractivity contribution in [1.82, 2.24) is 21.0 Å². The molecule has 0 radical (unpaired) electrons. The summed E-state index contributed by atoms with van der Waals surface area (Å²) in [5.41, 5.74) is 6.77. The molecule has 6 heteroatoms. The summed E-state index contributed by atoms with van der Waals surface area (Å²) in [6.45, 7) is 0. The molecule has 1 fully saturated rings. The quantitative estimate of drug-likeness (QED) is 0.749. The normalized spacial score (nSPS) is 14.3. The van der Waals surface area contributed by atoms with E-state index in [2.05, 4.69) is 21.0 Å². The minimum Gasteiger partial charge on any atom is -0.273 e. The molecule has 1 aliphatic carbocycles.